The van der Waals surface area contributed by atoms with Gasteiger partial charge in [-0.3, -0.25) is 19.2 Å². The third-order valence-corrected chi connectivity index (χ3v) is 10.8. The fourth-order valence-corrected chi connectivity index (χ4v) is 8.21. The Morgan fingerprint density at radius 2 is 1.53 bits per heavy atom. The van der Waals surface area contributed by atoms with Crippen molar-refractivity contribution < 1.29 is 52.8 Å². The van der Waals surface area contributed by atoms with Gasteiger partial charge in [0.05, 0.1) is 18.1 Å². The largest absolute Gasteiger partial charge is 0.462 e. The van der Waals surface area contributed by atoms with Crippen LogP contribution in [0.15, 0.2) is 84.0 Å². The van der Waals surface area contributed by atoms with Crippen molar-refractivity contribution in [2.24, 2.45) is 17.3 Å². The van der Waals surface area contributed by atoms with Crippen molar-refractivity contribution in [3.05, 3.63) is 95.1 Å². The first-order valence-corrected chi connectivity index (χ1v) is 17.1. The van der Waals surface area contributed by atoms with Crippen LogP contribution in [-0.2, 0) is 42.9 Å². The summed E-state index contributed by atoms with van der Waals surface area (Å²) in [6.07, 6.45) is -0.530. The molecule has 0 radical (unpaired) electrons. The summed E-state index contributed by atoms with van der Waals surface area (Å²) in [6.45, 7) is 7.74. The Morgan fingerprint density at radius 1 is 0.882 bits per heavy atom. The first kappa shape index (κ1) is 36.0. The minimum atomic E-state index is -1.75. The molecule has 51 heavy (non-hydrogen) atoms. The van der Waals surface area contributed by atoms with Crippen LogP contribution in [-0.4, -0.2) is 77.6 Å². The number of carbonyl (C=O) groups is 5. The van der Waals surface area contributed by atoms with E-state index in [4.69, 9.17) is 23.7 Å². The third kappa shape index (κ3) is 6.70. The van der Waals surface area contributed by atoms with Gasteiger partial charge in [-0.05, 0) is 34.9 Å². The lowest BCUT2D eigenvalue weighted by atomic mass is 9.54. The Bertz CT molecular complexity index is 1760. The number of benzene rings is 2. The van der Waals surface area contributed by atoms with Crippen molar-refractivity contribution >= 4 is 29.8 Å². The molecule has 2 N–H and O–H groups in total. The molecule has 3 aliphatic carbocycles. The second-order valence-corrected chi connectivity index (χ2v) is 14.0. The molecule has 6 rings (SSSR count). The molecular formula is C39H43NO11. The predicted molar refractivity (Wildman–Crippen MR) is 180 cm³/mol. The van der Waals surface area contributed by atoms with Gasteiger partial charge in [-0.25, -0.2) is 4.79 Å². The van der Waals surface area contributed by atoms with Gasteiger partial charge in [0.1, 0.15) is 24.4 Å². The minimum Gasteiger partial charge on any atom is -0.462 e. The Balaban J connectivity index is 1.32. The molecule has 1 heterocycles. The van der Waals surface area contributed by atoms with Gasteiger partial charge < -0.3 is 34.1 Å². The molecule has 1 aliphatic heterocycles. The van der Waals surface area contributed by atoms with Gasteiger partial charge in [0, 0.05) is 51.0 Å². The molecule has 0 unspecified atom stereocenters. The number of rotatable bonds is 9. The predicted octanol–water partition coefficient (Wildman–Crippen LogP) is 3.93. The average molecular weight is 702 g/mol. The van der Waals surface area contributed by atoms with Crippen molar-refractivity contribution in [3.8, 4) is 0 Å². The van der Waals surface area contributed by atoms with Crippen LogP contribution < -0.4 is 5.32 Å². The highest BCUT2D eigenvalue weighted by Gasteiger charge is 2.71. The van der Waals surface area contributed by atoms with Crippen LogP contribution >= 0.6 is 0 Å². The number of ether oxygens (including phenoxy) is 5. The van der Waals surface area contributed by atoms with E-state index >= 15 is 0 Å². The van der Waals surface area contributed by atoms with E-state index in [2.05, 4.69) is 5.32 Å². The molecule has 12 nitrogen and oxygen atoms in total. The van der Waals surface area contributed by atoms with Crippen molar-refractivity contribution in [3.63, 3.8) is 0 Å². The van der Waals surface area contributed by atoms with Gasteiger partial charge in [0.25, 0.3) is 5.91 Å². The van der Waals surface area contributed by atoms with Crippen LogP contribution in [0.25, 0.3) is 0 Å². The molecule has 270 valence electrons. The highest BCUT2D eigenvalue weighted by molar-refractivity contribution is 5.95. The summed E-state index contributed by atoms with van der Waals surface area (Å²) >= 11 is 0. The fraction of sp³-hybridized carbons (Fsp3) is 0.462. The van der Waals surface area contributed by atoms with E-state index < -0.39 is 89.2 Å². The molecule has 3 fully saturated rings. The molecule has 0 aromatic heterocycles. The number of fused-ring (bicyclic) bond motifs is 4. The van der Waals surface area contributed by atoms with Crippen molar-refractivity contribution in [1.82, 2.24) is 5.32 Å². The van der Waals surface area contributed by atoms with E-state index in [-0.39, 0.29) is 19.4 Å². The standard InChI is InChI=1S/C39H43NO11/c1-21-28-18-31(48-22(2)41)38(5)30(39(51-24(4)43)20-47-33(39)19-32(38)49-23(3)42)17-27(28)16-29(21)50-37(46)35(44)34(25-12-8-6-9-13-25)40-36(45)26-14-10-7-11-15-26/h6-15,17-18,21,29-35,44H,16,19-20H2,1-5H3,(H,40,45)/t21-,29-,30-,31-,32-,33+,34-,35+,38+,39+/m0/s1. The molecule has 2 saturated carbocycles. The minimum absolute atomic E-state index is 0.0892. The van der Waals surface area contributed by atoms with Crippen molar-refractivity contribution in [1.29, 1.82) is 0 Å². The second-order valence-electron chi connectivity index (χ2n) is 14.0. The van der Waals surface area contributed by atoms with E-state index in [0.717, 1.165) is 11.1 Å². The van der Waals surface area contributed by atoms with Crippen LogP contribution in [0.2, 0.25) is 0 Å². The van der Waals surface area contributed by atoms with Gasteiger partial charge >= 0.3 is 23.9 Å². The van der Waals surface area contributed by atoms with Crippen molar-refractivity contribution in [2.45, 2.75) is 89.6 Å². The Labute approximate surface area is 296 Å². The van der Waals surface area contributed by atoms with E-state index in [1.54, 1.807) is 60.7 Å². The number of nitrogens with one attached hydrogen (secondary N) is 1. The van der Waals surface area contributed by atoms with Crippen molar-refractivity contribution in [2.75, 3.05) is 6.61 Å². The van der Waals surface area contributed by atoms with E-state index in [1.807, 2.05) is 26.0 Å². The lowest BCUT2D eigenvalue weighted by Gasteiger charge is -2.62. The summed E-state index contributed by atoms with van der Waals surface area (Å²) in [4.78, 5) is 64.3. The average Bonchev–Trinajstić information content (AvgIpc) is 3.30. The van der Waals surface area contributed by atoms with E-state index in [9.17, 15) is 29.1 Å². The maximum absolute atomic E-state index is 13.7. The van der Waals surface area contributed by atoms with Crippen LogP contribution in [0.3, 0.4) is 0 Å². The topological polar surface area (TPSA) is 164 Å². The fourth-order valence-electron chi connectivity index (χ4n) is 8.21. The molecule has 2 aromatic rings. The van der Waals surface area contributed by atoms with E-state index in [0.29, 0.717) is 11.1 Å². The molecule has 0 bridgehead atoms. The van der Waals surface area contributed by atoms with Gasteiger partial charge in [-0.2, -0.15) is 0 Å². The molecule has 4 aliphatic rings. The number of esters is 4. The van der Waals surface area contributed by atoms with Crippen LogP contribution in [0.5, 0.6) is 0 Å². The SMILES string of the molecule is CC(=O)O[C@H]1C=C2C(=C[C@@H]3[C@]4(OC(C)=O)CO[C@@H]4C[C@H](OC(C)=O)[C@@]13C)C[C@H](OC(=O)[C@H](O)[C@@H](NC(=O)c1ccccc1)c1ccccc1)[C@H]2C. The number of hydrogen-bond acceptors (Lipinski definition) is 11. The molecular weight excluding hydrogens is 658 g/mol. The first-order chi connectivity index (χ1) is 24.2. The zero-order valence-electron chi connectivity index (χ0n) is 29.2. The molecule has 1 saturated heterocycles. The molecule has 1 amide bonds. The number of hydrogen-bond donors (Lipinski definition) is 2. The summed E-state index contributed by atoms with van der Waals surface area (Å²) in [5.41, 5.74) is 0.202. The number of amides is 1. The summed E-state index contributed by atoms with van der Waals surface area (Å²) in [7, 11) is 0. The third-order valence-electron chi connectivity index (χ3n) is 10.8. The van der Waals surface area contributed by atoms with Gasteiger partial charge in [0.2, 0.25) is 0 Å². The van der Waals surface area contributed by atoms with Gasteiger partial charge in [-0.1, -0.05) is 68.5 Å². The second kappa shape index (κ2) is 14.1. The maximum atomic E-state index is 13.7. The highest BCUT2D eigenvalue weighted by atomic mass is 16.6. The number of carbonyl (C=O) groups excluding carboxylic acids is 5. The highest BCUT2D eigenvalue weighted by Crippen LogP contribution is 2.60. The van der Waals surface area contributed by atoms with Crippen LogP contribution in [0.4, 0.5) is 0 Å². The lowest BCUT2D eigenvalue weighted by molar-refractivity contribution is -0.321. The Morgan fingerprint density at radius 3 is 2.12 bits per heavy atom. The summed E-state index contributed by atoms with van der Waals surface area (Å²) < 4.78 is 29.8. The smallest absolute Gasteiger partial charge is 0.337 e. The quantitative estimate of drug-likeness (QED) is 0.288. The molecule has 0 spiro atoms. The Kier molecular flexibility index (Phi) is 9.93. The van der Waals surface area contributed by atoms with Crippen LogP contribution in [0, 0.1) is 17.3 Å². The Hall–Kier alpha value is -4.81. The first-order valence-electron chi connectivity index (χ1n) is 17.1. The molecule has 2 aromatic carbocycles. The number of aliphatic hydroxyl groups excluding tert-OH is 1. The van der Waals surface area contributed by atoms with Gasteiger partial charge in [0.15, 0.2) is 11.7 Å². The zero-order chi connectivity index (χ0) is 36.7. The number of aliphatic hydroxyl groups is 1. The lowest BCUT2D eigenvalue weighted by Crippen LogP contribution is -2.75. The monoisotopic (exact) mass is 701 g/mol. The zero-order valence-corrected chi connectivity index (χ0v) is 29.2. The molecule has 12 heteroatoms. The van der Waals surface area contributed by atoms with E-state index in [1.165, 1.54) is 20.8 Å². The summed E-state index contributed by atoms with van der Waals surface area (Å²) in [6, 6.07) is 16.0. The van der Waals surface area contributed by atoms with Crippen LogP contribution in [0.1, 0.15) is 69.4 Å². The summed E-state index contributed by atoms with van der Waals surface area (Å²) in [5, 5.41) is 14.2. The summed E-state index contributed by atoms with van der Waals surface area (Å²) in [5.74, 6) is -4.04. The normalized spacial score (nSPS) is 31.6. The maximum Gasteiger partial charge on any atom is 0.337 e. The molecule has 10 atom stereocenters. The van der Waals surface area contributed by atoms with Gasteiger partial charge in [-0.15, -0.1) is 0 Å².